The SMILES string of the molecule is O=C(O)CCCCCC1(CC(=O)O)CCCCC1. The number of unbranched alkanes of at least 4 members (excludes halogenated alkanes) is 2. The Kier molecular flexibility index (Phi) is 6.16. The van der Waals surface area contributed by atoms with Crippen molar-refractivity contribution in [3.8, 4) is 0 Å². The van der Waals surface area contributed by atoms with Crippen LogP contribution in [0, 0.1) is 5.41 Å². The molecular formula is C14H24O4. The van der Waals surface area contributed by atoms with Crippen molar-refractivity contribution in [2.45, 2.75) is 70.6 Å². The normalized spacial score (nSPS) is 18.4. The van der Waals surface area contributed by atoms with Crippen LogP contribution < -0.4 is 0 Å². The lowest BCUT2D eigenvalue weighted by atomic mass is 9.69. The summed E-state index contributed by atoms with van der Waals surface area (Å²) in [6.07, 6.45) is 9.57. The number of hydrogen-bond donors (Lipinski definition) is 2. The van der Waals surface area contributed by atoms with Crippen molar-refractivity contribution in [3.63, 3.8) is 0 Å². The van der Waals surface area contributed by atoms with Crippen LogP contribution in [-0.4, -0.2) is 22.2 Å². The first-order valence-corrected chi connectivity index (χ1v) is 6.98. The summed E-state index contributed by atoms with van der Waals surface area (Å²) in [5.41, 5.74) is -0.00664. The smallest absolute Gasteiger partial charge is 0.303 e. The third-order valence-electron chi connectivity index (χ3n) is 4.04. The van der Waals surface area contributed by atoms with Crippen molar-refractivity contribution in [1.82, 2.24) is 0 Å². The fraction of sp³-hybridized carbons (Fsp3) is 0.857. The van der Waals surface area contributed by atoms with Crippen LogP contribution in [0.5, 0.6) is 0 Å². The molecule has 18 heavy (non-hydrogen) atoms. The maximum absolute atomic E-state index is 11.0. The molecule has 0 aromatic carbocycles. The van der Waals surface area contributed by atoms with E-state index in [9.17, 15) is 9.59 Å². The molecular weight excluding hydrogens is 232 g/mol. The number of aliphatic carboxylic acids is 2. The molecule has 1 fully saturated rings. The highest BCUT2D eigenvalue weighted by Gasteiger charge is 2.33. The molecule has 0 radical (unpaired) electrons. The average molecular weight is 256 g/mol. The van der Waals surface area contributed by atoms with Crippen molar-refractivity contribution in [1.29, 1.82) is 0 Å². The minimum absolute atomic E-state index is 0.00664. The Morgan fingerprint density at radius 1 is 0.889 bits per heavy atom. The third kappa shape index (κ3) is 5.52. The van der Waals surface area contributed by atoms with E-state index in [1.165, 1.54) is 6.42 Å². The van der Waals surface area contributed by atoms with Gasteiger partial charge in [0.15, 0.2) is 0 Å². The molecule has 2 N–H and O–H groups in total. The quantitative estimate of drug-likeness (QED) is 0.652. The summed E-state index contributed by atoms with van der Waals surface area (Å²) < 4.78 is 0. The Morgan fingerprint density at radius 3 is 2.11 bits per heavy atom. The molecule has 0 heterocycles. The maximum atomic E-state index is 11.0. The van der Waals surface area contributed by atoms with Gasteiger partial charge in [-0.05, 0) is 31.1 Å². The van der Waals surface area contributed by atoms with Crippen LogP contribution in [0.4, 0.5) is 0 Å². The van der Waals surface area contributed by atoms with Gasteiger partial charge < -0.3 is 10.2 Å². The Morgan fingerprint density at radius 2 is 1.56 bits per heavy atom. The second-order valence-corrected chi connectivity index (χ2v) is 5.59. The minimum Gasteiger partial charge on any atom is -0.481 e. The molecule has 4 heteroatoms. The van der Waals surface area contributed by atoms with Gasteiger partial charge in [-0.1, -0.05) is 32.1 Å². The number of rotatable bonds is 8. The van der Waals surface area contributed by atoms with Crippen LogP contribution in [0.15, 0.2) is 0 Å². The van der Waals surface area contributed by atoms with Crippen LogP contribution in [0.2, 0.25) is 0 Å². The lowest BCUT2D eigenvalue weighted by Gasteiger charge is -2.36. The lowest BCUT2D eigenvalue weighted by Crippen LogP contribution is -2.27. The molecule has 0 amide bonds. The fourth-order valence-corrected chi connectivity index (χ4v) is 3.09. The summed E-state index contributed by atoms with van der Waals surface area (Å²) in [7, 11) is 0. The van der Waals surface area contributed by atoms with Gasteiger partial charge in [0.25, 0.3) is 0 Å². The van der Waals surface area contributed by atoms with E-state index in [1.54, 1.807) is 0 Å². The van der Waals surface area contributed by atoms with Crippen LogP contribution in [-0.2, 0) is 9.59 Å². The molecule has 0 saturated heterocycles. The predicted octanol–water partition coefficient (Wildman–Crippen LogP) is 3.45. The Hall–Kier alpha value is -1.06. The first-order chi connectivity index (χ1) is 8.54. The molecule has 0 bridgehead atoms. The summed E-state index contributed by atoms with van der Waals surface area (Å²) in [6, 6.07) is 0. The Bertz CT molecular complexity index is 280. The van der Waals surface area contributed by atoms with Crippen molar-refractivity contribution in [3.05, 3.63) is 0 Å². The summed E-state index contributed by atoms with van der Waals surface area (Å²) in [5.74, 6) is -1.43. The van der Waals surface area contributed by atoms with Crippen molar-refractivity contribution >= 4 is 11.9 Å². The molecule has 0 atom stereocenters. The molecule has 0 unspecified atom stereocenters. The first-order valence-electron chi connectivity index (χ1n) is 6.98. The molecule has 1 saturated carbocycles. The van der Waals surface area contributed by atoms with Crippen LogP contribution in [0.3, 0.4) is 0 Å². The van der Waals surface area contributed by atoms with Crippen LogP contribution >= 0.6 is 0 Å². The summed E-state index contributed by atoms with van der Waals surface area (Å²) in [4.78, 5) is 21.4. The zero-order valence-electron chi connectivity index (χ0n) is 11.0. The average Bonchev–Trinajstić information content (AvgIpc) is 2.28. The van der Waals surface area contributed by atoms with E-state index in [2.05, 4.69) is 0 Å². The van der Waals surface area contributed by atoms with Gasteiger partial charge >= 0.3 is 11.9 Å². The summed E-state index contributed by atoms with van der Waals surface area (Å²) >= 11 is 0. The second kappa shape index (κ2) is 7.39. The zero-order valence-corrected chi connectivity index (χ0v) is 11.0. The standard InChI is InChI=1S/C14H24O4/c15-12(16)7-3-1-4-8-14(11-13(17)18)9-5-2-6-10-14/h1-11H2,(H,15,16)(H,17,18). The molecule has 0 aromatic heterocycles. The zero-order chi connectivity index (χ0) is 13.4. The van der Waals surface area contributed by atoms with Gasteiger partial charge in [0, 0.05) is 6.42 Å². The van der Waals surface area contributed by atoms with Crippen molar-refractivity contribution in [2.24, 2.45) is 5.41 Å². The molecule has 0 spiro atoms. The van der Waals surface area contributed by atoms with Gasteiger partial charge in [-0.2, -0.15) is 0 Å². The number of carbonyl (C=O) groups is 2. The van der Waals surface area contributed by atoms with Gasteiger partial charge in [-0.3, -0.25) is 9.59 Å². The molecule has 0 aliphatic heterocycles. The minimum atomic E-state index is -0.743. The number of carboxylic acids is 2. The molecule has 1 aliphatic carbocycles. The van der Waals surface area contributed by atoms with Crippen LogP contribution in [0.1, 0.15) is 70.6 Å². The van der Waals surface area contributed by atoms with E-state index in [4.69, 9.17) is 10.2 Å². The van der Waals surface area contributed by atoms with Gasteiger partial charge in [0.05, 0.1) is 6.42 Å². The summed E-state index contributed by atoms with van der Waals surface area (Å²) in [5, 5.41) is 17.6. The molecule has 4 nitrogen and oxygen atoms in total. The maximum Gasteiger partial charge on any atom is 0.303 e. The predicted molar refractivity (Wildman–Crippen MR) is 68.5 cm³/mol. The lowest BCUT2D eigenvalue weighted by molar-refractivity contribution is -0.140. The summed E-state index contributed by atoms with van der Waals surface area (Å²) in [6.45, 7) is 0. The van der Waals surface area contributed by atoms with E-state index in [0.29, 0.717) is 6.42 Å². The molecule has 1 rings (SSSR count). The molecule has 0 aromatic rings. The van der Waals surface area contributed by atoms with Crippen molar-refractivity contribution in [2.75, 3.05) is 0 Å². The highest BCUT2D eigenvalue weighted by Crippen LogP contribution is 2.43. The van der Waals surface area contributed by atoms with E-state index >= 15 is 0 Å². The van der Waals surface area contributed by atoms with Crippen molar-refractivity contribution < 1.29 is 19.8 Å². The van der Waals surface area contributed by atoms with E-state index in [0.717, 1.165) is 44.9 Å². The Balaban J connectivity index is 2.32. The molecule has 1 aliphatic rings. The monoisotopic (exact) mass is 256 g/mol. The number of hydrogen-bond acceptors (Lipinski definition) is 2. The van der Waals surface area contributed by atoms with Gasteiger partial charge in [-0.15, -0.1) is 0 Å². The van der Waals surface area contributed by atoms with Crippen LogP contribution in [0.25, 0.3) is 0 Å². The van der Waals surface area contributed by atoms with E-state index in [-0.39, 0.29) is 18.3 Å². The topological polar surface area (TPSA) is 74.6 Å². The van der Waals surface area contributed by atoms with E-state index in [1.807, 2.05) is 0 Å². The largest absolute Gasteiger partial charge is 0.481 e. The third-order valence-corrected chi connectivity index (χ3v) is 4.04. The van der Waals surface area contributed by atoms with Gasteiger partial charge in [0.1, 0.15) is 0 Å². The van der Waals surface area contributed by atoms with Gasteiger partial charge in [-0.25, -0.2) is 0 Å². The molecule has 104 valence electrons. The Labute approximate surface area is 108 Å². The number of carboxylic acid groups (broad SMARTS) is 2. The highest BCUT2D eigenvalue weighted by molar-refractivity contribution is 5.67. The van der Waals surface area contributed by atoms with Gasteiger partial charge in [0.2, 0.25) is 0 Å². The second-order valence-electron chi connectivity index (χ2n) is 5.59. The highest BCUT2D eigenvalue weighted by atomic mass is 16.4. The first kappa shape index (κ1) is 15.0. The fourth-order valence-electron chi connectivity index (χ4n) is 3.09. The van der Waals surface area contributed by atoms with E-state index < -0.39 is 11.9 Å².